The molecule has 0 aliphatic rings. The third-order valence-electron chi connectivity index (χ3n) is 4.46. The molecule has 0 saturated heterocycles. The van der Waals surface area contributed by atoms with Crippen molar-refractivity contribution in [3.05, 3.63) is 70.6 Å². The fraction of sp³-hybridized carbons (Fsp3) is 0.190. The van der Waals surface area contributed by atoms with Crippen LogP contribution in [0.25, 0.3) is 27.3 Å². The summed E-state index contributed by atoms with van der Waals surface area (Å²) in [5.74, 6) is -0.307. The minimum atomic E-state index is -0.532. The monoisotopic (exact) mass is 360 g/mol. The van der Waals surface area contributed by atoms with Crippen LogP contribution in [0.4, 0.5) is 0 Å². The number of nitrogens with two attached hydrogens (primary N) is 1. The molecule has 136 valence electrons. The maximum Gasteiger partial charge on any atom is 0.265 e. The van der Waals surface area contributed by atoms with Gasteiger partial charge in [-0.15, -0.1) is 0 Å². The summed E-state index contributed by atoms with van der Waals surface area (Å²) < 4.78 is 1.42. The van der Waals surface area contributed by atoms with Crippen molar-refractivity contribution >= 4 is 33.2 Å². The lowest BCUT2D eigenvalue weighted by atomic mass is 10.1. The molecule has 0 bridgehead atoms. The van der Waals surface area contributed by atoms with E-state index in [0.29, 0.717) is 28.7 Å². The summed E-state index contributed by atoms with van der Waals surface area (Å²) in [5.41, 5.74) is 6.45. The Kier molecular flexibility index (Phi) is 3.93. The number of nitrogens with one attached hydrogen (secondary N) is 1. The normalized spacial score (nSPS) is 12.0. The standard InChI is InChI=1S/C21H20N4O2/c1-21(2,22)12-23-19(26)15-8-5-9-25-18(15)24-17-11-14-7-4-3-6-13(14)10-16(17)20(25)27/h3-11H,12,22H2,1-2H3,(H,23,26). The Bertz CT molecular complexity index is 1250. The second kappa shape index (κ2) is 6.17. The van der Waals surface area contributed by atoms with Gasteiger partial charge in [-0.1, -0.05) is 24.3 Å². The summed E-state index contributed by atoms with van der Waals surface area (Å²) in [7, 11) is 0. The Balaban J connectivity index is 1.93. The van der Waals surface area contributed by atoms with E-state index in [1.165, 1.54) is 4.40 Å². The first-order chi connectivity index (χ1) is 12.8. The van der Waals surface area contributed by atoms with Gasteiger partial charge in [-0.3, -0.25) is 14.0 Å². The van der Waals surface area contributed by atoms with Crippen LogP contribution in [0.3, 0.4) is 0 Å². The van der Waals surface area contributed by atoms with Crippen molar-refractivity contribution in [2.45, 2.75) is 19.4 Å². The van der Waals surface area contributed by atoms with Crippen LogP contribution in [-0.4, -0.2) is 27.4 Å². The van der Waals surface area contributed by atoms with Crippen LogP contribution in [0, 0.1) is 0 Å². The van der Waals surface area contributed by atoms with Gasteiger partial charge in [0.2, 0.25) is 0 Å². The van der Waals surface area contributed by atoms with Crippen LogP contribution >= 0.6 is 0 Å². The Morgan fingerprint density at radius 3 is 2.56 bits per heavy atom. The van der Waals surface area contributed by atoms with Gasteiger partial charge in [-0.2, -0.15) is 0 Å². The van der Waals surface area contributed by atoms with Gasteiger partial charge in [0.1, 0.15) is 0 Å². The maximum atomic E-state index is 13.0. The van der Waals surface area contributed by atoms with E-state index in [1.807, 2.05) is 50.2 Å². The van der Waals surface area contributed by atoms with Crippen LogP contribution < -0.4 is 16.6 Å². The predicted octanol–water partition coefficient (Wildman–Crippen LogP) is 2.47. The fourth-order valence-corrected chi connectivity index (χ4v) is 3.09. The number of aromatic nitrogens is 2. The zero-order valence-electron chi connectivity index (χ0n) is 15.2. The quantitative estimate of drug-likeness (QED) is 0.549. The number of carbonyl (C=O) groups excluding carboxylic acids is 1. The van der Waals surface area contributed by atoms with Crippen molar-refractivity contribution in [2.24, 2.45) is 5.73 Å². The number of amides is 1. The van der Waals surface area contributed by atoms with Crippen LogP contribution in [0.5, 0.6) is 0 Å². The summed E-state index contributed by atoms with van der Waals surface area (Å²) in [4.78, 5) is 30.3. The highest BCUT2D eigenvalue weighted by Crippen LogP contribution is 2.20. The molecule has 6 heteroatoms. The summed E-state index contributed by atoms with van der Waals surface area (Å²) in [6.07, 6.45) is 1.63. The van der Waals surface area contributed by atoms with Gasteiger partial charge in [0, 0.05) is 18.3 Å². The molecule has 0 aliphatic heterocycles. The number of rotatable bonds is 3. The number of benzene rings is 2. The first-order valence-electron chi connectivity index (χ1n) is 8.74. The molecular formula is C21H20N4O2. The van der Waals surface area contributed by atoms with Gasteiger partial charge in [-0.25, -0.2) is 4.98 Å². The maximum absolute atomic E-state index is 13.0. The molecule has 4 aromatic rings. The largest absolute Gasteiger partial charge is 0.350 e. The number of fused-ring (bicyclic) bond motifs is 3. The summed E-state index contributed by atoms with van der Waals surface area (Å²) in [5, 5.41) is 5.30. The van der Waals surface area contributed by atoms with Gasteiger partial charge < -0.3 is 11.1 Å². The topological polar surface area (TPSA) is 89.5 Å². The lowest BCUT2D eigenvalue weighted by Gasteiger charge is -2.19. The Morgan fingerprint density at radius 1 is 1.15 bits per heavy atom. The average molecular weight is 360 g/mol. The molecule has 27 heavy (non-hydrogen) atoms. The van der Waals surface area contributed by atoms with Crippen molar-refractivity contribution in [1.29, 1.82) is 0 Å². The Morgan fingerprint density at radius 2 is 1.85 bits per heavy atom. The van der Waals surface area contributed by atoms with Gasteiger partial charge in [0.25, 0.3) is 11.5 Å². The third kappa shape index (κ3) is 3.15. The molecule has 3 N–H and O–H groups in total. The molecule has 1 amide bonds. The van der Waals surface area contributed by atoms with E-state index in [2.05, 4.69) is 10.3 Å². The molecule has 2 aromatic carbocycles. The molecule has 2 heterocycles. The summed E-state index contributed by atoms with van der Waals surface area (Å²) in [6.45, 7) is 3.98. The van der Waals surface area contributed by atoms with Crippen molar-refractivity contribution in [1.82, 2.24) is 14.7 Å². The van der Waals surface area contributed by atoms with E-state index in [1.54, 1.807) is 18.3 Å². The van der Waals surface area contributed by atoms with Crippen LogP contribution in [0.15, 0.2) is 59.5 Å². The second-order valence-electron chi connectivity index (χ2n) is 7.42. The highest BCUT2D eigenvalue weighted by molar-refractivity contribution is 6.02. The third-order valence-corrected chi connectivity index (χ3v) is 4.46. The van der Waals surface area contributed by atoms with Crippen LogP contribution in [0.1, 0.15) is 24.2 Å². The molecule has 0 saturated carbocycles. The second-order valence-corrected chi connectivity index (χ2v) is 7.42. The highest BCUT2D eigenvalue weighted by atomic mass is 16.2. The van der Waals surface area contributed by atoms with Crippen molar-refractivity contribution in [2.75, 3.05) is 6.54 Å². The zero-order chi connectivity index (χ0) is 19.2. The summed E-state index contributed by atoms with van der Waals surface area (Å²) in [6, 6.07) is 14.9. The van der Waals surface area contributed by atoms with Crippen molar-refractivity contribution in [3.8, 4) is 0 Å². The number of carbonyl (C=O) groups is 1. The molecule has 2 aromatic heterocycles. The minimum Gasteiger partial charge on any atom is -0.350 e. The van der Waals surface area contributed by atoms with E-state index >= 15 is 0 Å². The molecule has 0 aliphatic carbocycles. The first kappa shape index (κ1) is 17.2. The molecular weight excluding hydrogens is 340 g/mol. The van der Waals surface area contributed by atoms with E-state index in [4.69, 9.17) is 5.73 Å². The average Bonchev–Trinajstić information content (AvgIpc) is 2.64. The van der Waals surface area contributed by atoms with Gasteiger partial charge in [0.15, 0.2) is 5.65 Å². The van der Waals surface area contributed by atoms with Gasteiger partial charge >= 0.3 is 0 Å². The SMILES string of the molecule is CC(C)(N)CNC(=O)c1cccn2c(=O)c3cc4ccccc4cc3nc12. The van der Waals surface area contributed by atoms with E-state index in [9.17, 15) is 9.59 Å². The number of nitrogens with zero attached hydrogens (tertiary/aromatic N) is 2. The number of hydrogen-bond acceptors (Lipinski definition) is 4. The number of hydrogen-bond donors (Lipinski definition) is 2. The van der Waals surface area contributed by atoms with Gasteiger partial charge in [-0.05, 0) is 48.9 Å². The smallest absolute Gasteiger partial charge is 0.265 e. The Hall–Kier alpha value is -3.25. The van der Waals surface area contributed by atoms with E-state index in [0.717, 1.165) is 10.8 Å². The van der Waals surface area contributed by atoms with E-state index in [-0.39, 0.29) is 11.5 Å². The van der Waals surface area contributed by atoms with Gasteiger partial charge in [0.05, 0.1) is 16.5 Å². The first-order valence-corrected chi connectivity index (χ1v) is 8.74. The molecule has 0 radical (unpaired) electrons. The molecule has 4 rings (SSSR count). The molecule has 0 atom stereocenters. The zero-order valence-corrected chi connectivity index (χ0v) is 15.2. The number of pyridine rings is 1. The molecule has 0 unspecified atom stereocenters. The molecule has 0 fully saturated rings. The van der Waals surface area contributed by atoms with E-state index < -0.39 is 5.54 Å². The van der Waals surface area contributed by atoms with Crippen molar-refractivity contribution in [3.63, 3.8) is 0 Å². The summed E-state index contributed by atoms with van der Waals surface area (Å²) >= 11 is 0. The lowest BCUT2D eigenvalue weighted by Crippen LogP contribution is -2.45. The van der Waals surface area contributed by atoms with Crippen LogP contribution in [-0.2, 0) is 0 Å². The molecule has 6 nitrogen and oxygen atoms in total. The highest BCUT2D eigenvalue weighted by Gasteiger charge is 2.17. The lowest BCUT2D eigenvalue weighted by molar-refractivity contribution is 0.0947. The minimum absolute atomic E-state index is 0.199. The van der Waals surface area contributed by atoms with Crippen LogP contribution in [0.2, 0.25) is 0 Å². The predicted molar refractivity (Wildman–Crippen MR) is 107 cm³/mol. The molecule has 0 spiro atoms. The fourth-order valence-electron chi connectivity index (χ4n) is 3.09. The Labute approximate surface area is 155 Å². The van der Waals surface area contributed by atoms with Crippen molar-refractivity contribution < 1.29 is 4.79 Å².